The van der Waals surface area contributed by atoms with Crippen molar-refractivity contribution in [3.05, 3.63) is 46.8 Å². The highest BCUT2D eigenvalue weighted by Crippen LogP contribution is 2.27. The highest BCUT2D eigenvalue weighted by atomic mass is 35.5. The Labute approximate surface area is 129 Å². The van der Waals surface area contributed by atoms with E-state index in [-0.39, 0.29) is 11.1 Å². The van der Waals surface area contributed by atoms with Gasteiger partial charge in [-0.15, -0.1) is 0 Å². The summed E-state index contributed by atoms with van der Waals surface area (Å²) < 4.78 is 15.5. The molecule has 114 valence electrons. The van der Waals surface area contributed by atoms with Crippen LogP contribution >= 0.6 is 11.6 Å². The van der Waals surface area contributed by atoms with Gasteiger partial charge in [0, 0.05) is 19.0 Å². The minimum absolute atomic E-state index is 0.0809. The smallest absolute Gasteiger partial charge is 0.142 e. The van der Waals surface area contributed by atoms with Crippen LogP contribution in [0.2, 0.25) is 5.02 Å². The predicted octanol–water partition coefficient (Wildman–Crippen LogP) is 3.37. The van der Waals surface area contributed by atoms with Gasteiger partial charge in [-0.3, -0.25) is 4.68 Å². The van der Waals surface area contributed by atoms with Gasteiger partial charge in [-0.05, 0) is 31.5 Å². The number of halogens is 2. The van der Waals surface area contributed by atoms with Crippen LogP contribution in [0.1, 0.15) is 37.7 Å². The maximum absolute atomic E-state index is 13.7. The molecule has 0 fully saturated rings. The monoisotopic (exact) mass is 310 g/mol. The van der Waals surface area contributed by atoms with E-state index in [1.54, 1.807) is 12.4 Å². The molecule has 0 amide bonds. The van der Waals surface area contributed by atoms with E-state index in [0.29, 0.717) is 6.42 Å². The summed E-state index contributed by atoms with van der Waals surface area (Å²) in [5.74, 6) is 0.473. The van der Waals surface area contributed by atoms with Crippen molar-refractivity contribution in [2.45, 2.75) is 39.3 Å². The largest absolute Gasteiger partial charge is 0.310 e. The molecule has 0 spiro atoms. The number of nitrogens with zero attached hydrogens (tertiary/aromatic N) is 3. The summed E-state index contributed by atoms with van der Waals surface area (Å²) in [6.45, 7) is 5.69. The molecule has 1 aromatic carbocycles. The van der Waals surface area contributed by atoms with E-state index in [4.69, 9.17) is 11.6 Å². The fourth-order valence-electron chi connectivity index (χ4n) is 2.29. The Morgan fingerprint density at radius 1 is 1.38 bits per heavy atom. The van der Waals surface area contributed by atoms with Crippen molar-refractivity contribution in [1.29, 1.82) is 0 Å². The number of nitrogens with one attached hydrogen (secondary N) is 1. The van der Waals surface area contributed by atoms with E-state index in [0.717, 1.165) is 30.9 Å². The number of hydrogen-bond acceptors (Lipinski definition) is 3. The first-order chi connectivity index (χ1) is 10.2. The molecule has 2 rings (SSSR count). The van der Waals surface area contributed by atoms with E-state index in [1.807, 2.05) is 17.7 Å². The van der Waals surface area contributed by atoms with Gasteiger partial charge in [0.05, 0.1) is 5.02 Å². The minimum atomic E-state index is -0.394. The van der Waals surface area contributed by atoms with Crippen LogP contribution in [0.15, 0.2) is 24.5 Å². The molecular weight excluding hydrogens is 291 g/mol. The van der Waals surface area contributed by atoms with Crippen LogP contribution in [0.5, 0.6) is 0 Å². The Morgan fingerprint density at radius 2 is 2.19 bits per heavy atom. The molecule has 0 saturated carbocycles. The van der Waals surface area contributed by atoms with Gasteiger partial charge in [0.25, 0.3) is 0 Å². The van der Waals surface area contributed by atoms with Crippen molar-refractivity contribution in [2.24, 2.45) is 0 Å². The Balaban J connectivity index is 2.28. The number of aromatic nitrogens is 3. The first-order valence-corrected chi connectivity index (χ1v) is 7.59. The summed E-state index contributed by atoms with van der Waals surface area (Å²) in [7, 11) is 0. The van der Waals surface area contributed by atoms with Crippen LogP contribution in [0.3, 0.4) is 0 Å². The Morgan fingerprint density at radius 3 is 2.90 bits per heavy atom. The first-order valence-electron chi connectivity index (χ1n) is 7.21. The summed E-state index contributed by atoms with van der Waals surface area (Å²) >= 11 is 6.12. The molecule has 21 heavy (non-hydrogen) atoms. The maximum Gasteiger partial charge on any atom is 0.142 e. The molecule has 1 atom stereocenters. The number of aryl methyl sites for hydroxylation is 1. The second kappa shape index (κ2) is 7.52. The molecule has 0 radical (unpaired) electrons. The van der Waals surface area contributed by atoms with Gasteiger partial charge in [0.2, 0.25) is 0 Å². The molecular formula is C15H20ClFN4. The van der Waals surface area contributed by atoms with Crippen LogP contribution in [-0.2, 0) is 13.0 Å². The third-order valence-electron chi connectivity index (χ3n) is 3.38. The zero-order valence-corrected chi connectivity index (χ0v) is 13.1. The Bertz CT molecular complexity index is 585. The Hall–Kier alpha value is -1.46. The molecule has 0 saturated heterocycles. The minimum Gasteiger partial charge on any atom is -0.310 e. The van der Waals surface area contributed by atoms with Crippen molar-refractivity contribution in [3.63, 3.8) is 0 Å². The van der Waals surface area contributed by atoms with Gasteiger partial charge in [0.15, 0.2) is 0 Å². The molecule has 1 unspecified atom stereocenters. The Kier molecular flexibility index (Phi) is 5.70. The lowest BCUT2D eigenvalue weighted by Crippen LogP contribution is -2.26. The molecule has 0 bridgehead atoms. The predicted molar refractivity (Wildman–Crippen MR) is 81.8 cm³/mol. The van der Waals surface area contributed by atoms with Crippen LogP contribution in [0, 0.1) is 5.82 Å². The molecule has 1 N–H and O–H groups in total. The van der Waals surface area contributed by atoms with E-state index < -0.39 is 5.82 Å². The average molecular weight is 311 g/mol. The van der Waals surface area contributed by atoms with E-state index in [9.17, 15) is 4.39 Å². The van der Waals surface area contributed by atoms with E-state index >= 15 is 0 Å². The molecule has 0 aliphatic carbocycles. The molecule has 0 aliphatic heterocycles. The highest BCUT2D eigenvalue weighted by Gasteiger charge is 2.19. The molecule has 0 aliphatic rings. The zero-order chi connectivity index (χ0) is 15.2. The summed E-state index contributed by atoms with van der Waals surface area (Å²) in [5.41, 5.74) is 0.760. The highest BCUT2D eigenvalue weighted by molar-refractivity contribution is 6.31. The van der Waals surface area contributed by atoms with Crippen molar-refractivity contribution >= 4 is 11.6 Å². The lowest BCUT2D eigenvalue weighted by atomic mass is 10.0. The van der Waals surface area contributed by atoms with Crippen LogP contribution in [0.4, 0.5) is 4.39 Å². The fourth-order valence-corrected chi connectivity index (χ4v) is 2.55. The van der Waals surface area contributed by atoms with Gasteiger partial charge >= 0.3 is 0 Å². The second-order valence-electron chi connectivity index (χ2n) is 4.85. The van der Waals surface area contributed by atoms with E-state index in [2.05, 4.69) is 22.3 Å². The first kappa shape index (κ1) is 15.9. The maximum atomic E-state index is 13.7. The zero-order valence-electron chi connectivity index (χ0n) is 12.3. The topological polar surface area (TPSA) is 42.7 Å². The summed E-state index contributed by atoms with van der Waals surface area (Å²) in [4.78, 5) is 4.29. The summed E-state index contributed by atoms with van der Waals surface area (Å²) in [5, 5.41) is 7.76. The van der Waals surface area contributed by atoms with Gasteiger partial charge in [-0.1, -0.05) is 30.7 Å². The van der Waals surface area contributed by atoms with Crippen LogP contribution in [-0.4, -0.2) is 21.3 Å². The van der Waals surface area contributed by atoms with Gasteiger partial charge in [-0.2, -0.15) is 5.10 Å². The van der Waals surface area contributed by atoms with Crippen LogP contribution in [0.25, 0.3) is 0 Å². The van der Waals surface area contributed by atoms with Gasteiger partial charge < -0.3 is 5.32 Å². The van der Waals surface area contributed by atoms with Crippen molar-refractivity contribution in [3.8, 4) is 0 Å². The summed E-state index contributed by atoms with van der Waals surface area (Å²) in [6, 6.07) is 4.83. The number of hydrogen-bond donors (Lipinski definition) is 1. The molecule has 4 nitrogen and oxygen atoms in total. The molecule has 6 heteroatoms. The molecule has 2 aromatic rings. The van der Waals surface area contributed by atoms with Crippen molar-refractivity contribution < 1.29 is 4.39 Å². The van der Waals surface area contributed by atoms with Crippen molar-refractivity contribution in [1.82, 2.24) is 20.1 Å². The SMILES string of the molecule is CCCNC(Cc1ncnn1CC)c1cccc(F)c1Cl. The quantitative estimate of drug-likeness (QED) is 0.852. The van der Waals surface area contributed by atoms with Crippen LogP contribution < -0.4 is 5.32 Å². The third kappa shape index (κ3) is 3.80. The lowest BCUT2D eigenvalue weighted by molar-refractivity contribution is 0.494. The number of rotatable bonds is 7. The van der Waals surface area contributed by atoms with Crippen molar-refractivity contribution in [2.75, 3.05) is 6.54 Å². The third-order valence-corrected chi connectivity index (χ3v) is 3.78. The normalized spacial score (nSPS) is 12.6. The van der Waals surface area contributed by atoms with Gasteiger partial charge in [0.1, 0.15) is 18.0 Å². The molecule has 1 heterocycles. The average Bonchev–Trinajstić information content (AvgIpc) is 2.93. The van der Waals surface area contributed by atoms with E-state index in [1.165, 1.54) is 6.07 Å². The number of benzene rings is 1. The second-order valence-corrected chi connectivity index (χ2v) is 5.22. The molecule has 1 aromatic heterocycles. The lowest BCUT2D eigenvalue weighted by Gasteiger charge is -2.20. The standard InChI is InChI=1S/C15H20ClFN4/c1-3-8-18-13(9-14-19-10-20-21(14)4-2)11-6-5-7-12(17)15(11)16/h5-7,10,13,18H,3-4,8-9H2,1-2H3. The fraction of sp³-hybridized carbons (Fsp3) is 0.467. The van der Waals surface area contributed by atoms with Gasteiger partial charge in [-0.25, -0.2) is 9.37 Å². The summed E-state index contributed by atoms with van der Waals surface area (Å²) in [6.07, 6.45) is 3.16.